The summed E-state index contributed by atoms with van der Waals surface area (Å²) in [4.78, 5) is 0. The van der Waals surface area contributed by atoms with Gasteiger partial charge in [0.05, 0.1) is 22.1 Å². The van der Waals surface area contributed by atoms with Gasteiger partial charge in [-0.25, -0.2) is 0 Å². The summed E-state index contributed by atoms with van der Waals surface area (Å²) >= 11 is 0. The van der Waals surface area contributed by atoms with Crippen molar-refractivity contribution in [3.8, 4) is 22.5 Å². The van der Waals surface area contributed by atoms with Gasteiger partial charge < -0.3 is 13.6 Å². The fourth-order valence-electron chi connectivity index (χ4n) is 7.31. The molecule has 10 rings (SSSR count). The Labute approximate surface area is 258 Å². The number of hydrogen-bond donors (Lipinski definition) is 0. The van der Waals surface area contributed by atoms with Crippen molar-refractivity contribution in [3.63, 3.8) is 0 Å². The van der Waals surface area contributed by atoms with Gasteiger partial charge in [-0.05, 0) is 65.7 Å². The molecule has 0 radical (unpaired) electrons. The van der Waals surface area contributed by atoms with Crippen LogP contribution in [0.15, 0.2) is 162 Å². The highest BCUT2D eigenvalue weighted by atomic mass is 16.3. The van der Waals surface area contributed by atoms with E-state index in [1.165, 1.54) is 54.7 Å². The molecule has 3 heteroatoms. The zero-order valence-corrected chi connectivity index (χ0v) is 24.3. The second-order valence-electron chi connectivity index (χ2n) is 11.8. The average Bonchev–Trinajstić information content (AvgIpc) is 3.75. The molecule has 0 bridgehead atoms. The Kier molecular flexibility index (Phi) is 5.00. The maximum Gasteiger partial charge on any atom is 0.137 e. The van der Waals surface area contributed by atoms with E-state index >= 15 is 0 Å². The summed E-state index contributed by atoms with van der Waals surface area (Å²) in [5.74, 6) is 0. The van der Waals surface area contributed by atoms with Crippen molar-refractivity contribution in [2.75, 3.05) is 0 Å². The van der Waals surface area contributed by atoms with E-state index in [2.05, 4.69) is 155 Å². The molecule has 0 amide bonds. The van der Waals surface area contributed by atoms with Crippen molar-refractivity contribution in [1.82, 2.24) is 9.13 Å². The molecule has 3 nitrogen and oxygen atoms in total. The molecular formula is C42H26N2O. The number of rotatable bonds is 3. The first-order valence-electron chi connectivity index (χ1n) is 15.4. The van der Waals surface area contributed by atoms with E-state index in [1.807, 2.05) is 12.1 Å². The maximum absolute atomic E-state index is 6.30. The van der Waals surface area contributed by atoms with Crippen LogP contribution in [-0.2, 0) is 0 Å². The molecule has 0 aliphatic carbocycles. The number of para-hydroxylation sites is 4. The van der Waals surface area contributed by atoms with E-state index in [0.29, 0.717) is 0 Å². The first-order valence-corrected chi connectivity index (χ1v) is 15.4. The molecule has 3 heterocycles. The molecule has 45 heavy (non-hydrogen) atoms. The third-order valence-electron chi connectivity index (χ3n) is 9.31. The number of hydrogen-bond acceptors (Lipinski definition) is 1. The summed E-state index contributed by atoms with van der Waals surface area (Å²) in [7, 11) is 0. The van der Waals surface area contributed by atoms with E-state index in [1.54, 1.807) is 0 Å². The van der Waals surface area contributed by atoms with Crippen molar-refractivity contribution in [2.45, 2.75) is 0 Å². The Balaban J connectivity index is 1.18. The minimum Gasteiger partial charge on any atom is -0.456 e. The number of benzene rings is 7. The highest BCUT2D eigenvalue weighted by Crippen LogP contribution is 2.38. The monoisotopic (exact) mass is 574 g/mol. The third-order valence-corrected chi connectivity index (χ3v) is 9.31. The standard InChI is InChI=1S/C42H26N2O/c1-5-16-37-31(12-1)32-13-2-6-17-38(32)43(37)29-11-9-10-27(24-29)28-20-22-34-33-14-3-7-18-39(33)44(40(34)25-28)30-21-23-36-35-15-4-8-19-41(35)45-42(36)26-30/h1-26H. The molecule has 0 unspecified atom stereocenters. The van der Waals surface area contributed by atoms with Crippen LogP contribution in [0.3, 0.4) is 0 Å². The fourth-order valence-corrected chi connectivity index (χ4v) is 7.31. The van der Waals surface area contributed by atoms with Gasteiger partial charge in [-0.2, -0.15) is 0 Å². The first kappa shape index (κ1) is 24.4. The van der Waals surface area contributed by atoms with E-state index < -0.39 is 0 Å². The van der Waals surface area contributed by atoms with Crippen LogP contribution in [0.5, 0.6) is 0 Å². The Hall–Kier alpha value is -6.06. The summed E-state index contributed by atoms with van der Waals surface area (Å²) < 4.78 is 11.1. The van der Waals surface area contributed by atoms with Crippen LogP contribution in [0.4, 0.5) is 0 Å². The molecule has 0 saturated heterocycles. The van der Waals surface area contributed by atoms with E-state index in [4.69, 9.17) is 4.42 Å². The largest absolute Gasteiger partial charge is 0.456 e. The first-order chi connectivity index (χ1) is 22.3. The predicted octanol–water partition coefficient (Wildman–Crippen LogP) is 11.4. The van der Waals surface area contributed by atoms with Gasteiger partial charge in [-0.3, -0.25) is 0 Å². The van der Waals surface area contributed by atoms with Gasteiger partial charge in [-0.1, -0.05) is 97.1 Å². The molecule has 0 saturated carbocycles. The van der Waals surface area contributed by atoms with Crippen LogP contribution in [0, 0.1) is 0 Å². The topological polar surface area (TPSA) is 23.0 Å². The van der Waals surface area contributed by atoms with Crippen molar-refractivity contribution < 1.29 is 4.42 Å². The predicted molar refractivity (Wildman–Crippen MR) is 188 cm³/mol. The maximum atomic E-state index is 6.30. The third kappa shape index (κ3) is 3.52. The molecule has 210 valence electrons. The summed E-state index contributed by atoms with van der Waals surface area (Å²) in [6.07, 6.45) is 0. The Morgan fingerprint density at radius 1 is 0.311 bits per heavy atom. The average molecular weight is 575 g/mol. The van der Waals surface area contributed by atoms with Crippen LogP contribution < -0.4 is 0 Å². The minimum atomic E-state index is 0.898. The van der Waals surface area contributed by atoms with Crippen LogP contribution in [0.2, 0.25) is 0 Å². The Morgan fingerprint density at radius 2 is 0.822 bits per heavy atom. The lowest BCUT2D eigenvalue weighted by atomic mass is 10.0. The summed E-state index contributed by atoms with van der Waals surface area (Å²) in [6.45, 7) is 0. The number of nitrogens with zero attached hydrogens (tertiary/aromatic N) is 2. The number of fused-ring (bicyclic) bond motifs is 9. The smallest absolute Gasteiger partial charge is 0.137 e. The Morgan fingerprint density at radius 3 is 1.53 bits per heavy atom. The van der Waals surface area contributed by atoms with Gasteiger partial charge in [0.2, 0.25) is 0 Å². The minimum absolute atomic E-state index is 0.898. The summed E-state index contributed by atoms with van der Waals surface area (Å²) in [5, 5.41) is 7.29. The number of aromatic nitrogens is 2. The lowest BCUT2D eigenvalue weighted by Crippen LogP contribution is -1.95. The van der Waals surface area contributed by atoms with Crippen LogP contribution in [0.25, 0.3) is 88.1 Å². The normalized spacial score (nSPS) is 12.0. The van der Waals surface area contributed by atoms with Gasteiger partial charge in [0.25, 0.3) is 0 Å². The van der Waals surface area contributed by atoms with Crippen molar-refractivity contribution in [3.05, 3.63) is 158 Å². The van der Waals surface area contributed by atoms with Crippen molar-refractivity contribution >= 4 is 65.6 Å². The second kappa shape index (κ2) is 9.22. The lowest BCUT2D eigenvalue weighted by molar-refractivity contribution is 0.668. The molecule has 0 spiro atoms. The quantitative estimate of drug-likeness (QED) is 0.206. The van der Waals surface area contributed by atoms with Crippen LogP contribution in [0.1, 0.15) is 0 Å². The van der Waals surface area contributed by atoms with Gasteiger partial charge >= 0.3 is 0 Å². The van der Waals surface area contributed by atoms with Crippen LogP contribution >= 0.6 is 0 Å². The number of furan rings is 1. The molecule has 0 aliphatic rings. The lowest BCUT2D eigenvalue weighted by Gasteiger charge is -2.12. The van der Waals surface area contributed by atoms with Gasteiger partial charge in [0.1, 0.15) is 11.2 Å². The highest BCUT2D eigenvalue weighted by Gasteiger charge is 2.16. The molecule has 10 aromatic rings. The molecule has 7 aromatic carbocycles. The highest BCUT2D eigenvalue weighted by molar-refractivity contribution is 6.12. The molecule has 0 atom stereocenters. The second-order valence-corrected chi connectivity index (χ2v) is 11.8. The van der Waals surface area contributed by atoms with Crippen molar-refractivity contribution in [2.24, 2.45) is 0 Å². The van der Waals surface area contributed by atoms with E-state index in [9.17, 15) is 0 Å². The van der Waals surface area contributed by atoms with Crippen LogP contribution in [-0.4, -0.2) is 9.13 Å². The molecule has 0 fully saturated rings. The summed E-state index contributed by atoms with van der Waals surface area (Å²) in [5.41, 5.74) is 11.2. The SMILES string of the molecule is c1cc(-c2ccc3c4ccccc4n(-c4ccc5c(c4)oc4ccccc45)c3c2)cc(-n2c3ccccc3c3ccccc32)c1. The zero-order valence-electron chi connectivity index (χ0n) is 24.3. The van der Waals surface area contributed by atoms with Gasteiger partial charge in [-0.15, -0.1) is 0 Å². The Bertz CT molecular complexity index is 2720. The fraction of sp³-hybridized carbons (Fsp3) is 0. The van der Waals surface area contributed by atoms with E-state index in [0.717, 1.165) is 33.3 Å². The van der Waals surface area contributed by atoms with E-state index in [-0.39, 0.29) is 0 Å². The van der Waals surface area contributed by atoms with Crippen molar-refractivity contribution in [1.29, 1.82) is 0 Å². The molecule has 0 aliphatic heterocycles. The van der Waals surface area contributed by atoms with Gasteiger partial charge in [0, 0.05) is 49.8 Å². The zero-order chi connectivity index (χ0) is 29.5. The summed E-state index contributed by atoms with van der Waals surface area (Å²) in [6, 6.07) is 56.6. The van der Waals surface area contributed by atoms with Gasteiger partial charge in [0.15, 0.2) is 0 Å². The molecule has 3 aromatic heterocycles. The molecule has 0 N–H and O–H groups in total. The molecular weight excluding hydrogens is 548 g/mol.